The number of thiocarbonyl (C=S) groups is 1. The average molecular weight is 279 g/mol. The average Bonchev–Trinajstić information content (AvgIpc) is 2.26. The summed E-state index contributed by atoms with van der Waals surface area (Å²) < 4.78 is 5.56. The van der Waals surface area contributed by atoms with Gasteiger partial charge in [0.15, 0.2) is 0 Å². The van der Waals surface area contributed by atoms with Gasteiger partial charge in [0.1, 0.15) is 10.8 Å². The predicted octanol–water partition coefficient (Wildman–Crippen LogP) is 2.31. The van der Waals surface area contributed by atoms with Crippen LogP contribution < -0.4 is 11.1 Å². The minimum absolute atomic E-state index is 0.283. The third-order valence-corrected chi connectivity index (χ3v) is 3.62. The van der Waals surface area contributed by atoms with Crippen LogP contribution in [0.2, 0.25) is 0 Å². The summed E-state index contributed by atoms with van der Waals surface area (Å²) in [5.41, 5.74) is 8.73. The van der Waals surface area contributed by atoms with Crippen molar-refractivity contribution in [3.63, 3.8) is 0 Å². The van der Waals surface area contributed by atoms with E-state index in [9.17, 15) is 0 Å². The van der Waals surface area contributed by atoms with Gasteiger partial charge in [-0.05, 0) is 45.2 Å². The van der Waals surface area contributed by atoms with E-state index in [1.165, 1.54) is 0 Å². The first kappa shape index (κ1) is 14.2. The highest BCUT2D eigenvalue weighted by Gasteiger charge is 2.21. The topological polar surface area (TPSA) is 60.2 Å². The Labute approximate surface area is 119 Å². The largest absolute Gasteiger partial charge is 0.389 e. The Hall–Kier alpha value is -1.20. The molecule has 1 fully saturated rings. The van der Waals surface area contributed by atoms with Crippen molar-refractivity contribution < 1.29 is 4.74 Å². The number of nitrogens with two attached hydrogens (primary N) is 1. The lowest BCUT2D eigenvalue weighted by Gasteiger charge is -2.29. The SMILES string of the molecule is Cc1cc(C)c(C(N)=S)c(NC2CCOC(C)C2)n1. The zero-order valence-electron chi connectivity index (χ0n) is 11.7. The molecule has 1 aliphatic heterocycles. The Morgan fingerprint density at radius 3 is 2.89 bits per heavy atom. The Morgan fingerprint density at radius 2 is 2.26 bits per heavy atom. The van der Waals surface area contributed by atoms with E-state index in [1.807, 2.05) is 19.9 Å². The molecule has 0 amide bonds. The quantitative estimate of drug-likeness (QED) is 0.832. The molecule has 0 bridgehead atoms. The van der Waals surface area contributed by atoms with E-state index in [2.05, 4.69) is 17.2 Å². The number of aryl methyl sites for hydroxylation is 2. The van der Waals surface area contributed by atoms with E-state index >= 15 is 0 Å². The van der Waals surface area contributed by atoms with Gasteiger partial charge in [0.25, 0.3) is 0 Å². The van der Waals surface area contributed by atoms with E-state index in [1.54, 1.807) is 0 Å². The third-order valence-electron chi connectivity index (χ3n) is 3.42. The van der Waals surface area contributed by atoms with Gasteiger partial charge in [-0.2, -0.15) is 0 Å². The van der Waals surface area contributed by atoms with Crippen LogP contribution in [0.25, 0.3) is 0 Å². The number of hydrogen-bond acceptors (Lipinski definition) is 4. The second-order valence-electron chi connectivity index (χ2n) is 5.22. The van der Waals surface area contributed by atoms with Crippen molar-refractivity contribution in [3.8, 4) is 0 Å². The van der Waals surface area contributed by atoms with E-state index in [0.29, 0.717) is 11.0 Å². The van der Waals surface area contributed by atoms with E-state index in [0.717, 1.165) is 42.1 Å². The molecule has 104 valence electrons. The molecule has 0 radical (unpaired) electrons. The molecule has 0 saturated carbocycles. The molecule has 2 atom stereocenters. The molecule has 0 spiro atoms. The van der Waals surface area contributed by atoms with Gasteiger partial charge >= 0.3 is 0 Å². The maximum absolute atomic E-state index is 5.82. The van der Waals surface area contributed by atoms with Crippen LogP contribution in [0.15, 0.2) is 6.07 Å². The molecular formula is C14H21N3OS. The molecule has 2 rings (SSSR count). The van der Waals surface area contributed by atoms with Crippen LogP contribution in [-0.2, 0) is 4.74 Å². The third kappa shape index (κ3) is 3.42. The van der Waals surface area contributed by atoms with Gasteiger partial charge in [-0.1, -0.05) is 12.2 Å². The Bertz CT molecular complexity index is 490. The van der Waals surface area contributed by atoms with Crippen molar-refractivity contribution in [2.75, 3.05) is 11.9 Å². The van der Waals surface area contributed by atoms with Gasteiger partial charge in [-0.15, -0.1) is 0 Å². The van der Waals surface area contributed by atoms with Gasteiger partial charge in [-0.3, -0.25) is 0 Å². The van der Waals surface area contributed by atoms with Crippen LogP contribution in [-0.4, -0.2) is 28.7 Å². The molecule has 1 aliphatic rings. The molecule has 0 aromatic carbocycles. The molecule has 0 aliphatic carbocycles. The molecule has 5 heteroatoms. The molecule has 1 saturated heterocycles. The highest BCUT2D eigenvalue weighted by molar-refractivity contribution is 7.80. The van der Waals surface area contributed by atoms with E-state index in [4.69, 9.17) is 22.7 Å². The highest BCUT2D eigenvalue weighted by atomic mass is 32.1. The lowest BCUT2D eigenvalue weighted by atomic mass is 10.0. The van der Waals surface area contributed by atoms with Gasteiger partial charge in [0, 0.05) is 18.3 Å². The summed E-state index contributed by atoms with van der Waals surface area (Å²) in [4.78, 5) is 4.95. The second-order valence-corrected chi connectivity index (χ2v) is 5.66. The summed E-state index contributed by atoms with van der Waals surface area (Å²) in [6.07, 6.45) is 2.24. The second kappa shape index (κ2) is 5.84. The van der Waals surface area contributed by atoms with Crippen LogP contribution >= 0.6 is 12.2 Å². The smallest absolute Gasteiger partial charge is 0.136 e. The van der Waals surface area contributed by atoms with Crippen molar-refractivity contribution in [3.05, 3.63) is 22.9 Å². The first-order chi connectivity index (χ1) is 8.97. The number of anilines is 1. The minimum atomic E-state index is 0.283. The normalized spacial score (nSPS) is 23.1. The molecule has 4 nitrogen and oxygen atoms in total. The van der Waals surface area contributed by atoms with Crippen molar-refractivity contribution in [1.82, 2.24) is 4.98 Å². The first-order valence-corrected chi connectivity index (χ1v) is 7.04. The number of ether oxygens (including phenoxy) is 1. The predicted molar refractivity (Wildman–Crippen MR) is 81.7 cm³/mol. The zero-order valence-corrected chi connectivity index (χ0v) is 12.5. The number of nitrogens with one attached hydrogen (secondary N) is 1. The number of aromatic nitrogens is 1. The number of nitrogens with zero attached hydrogens (tertiary/aromatic N) is 1. The molecular weight excluding hydrogens is 258 g/mol. The zero-order chi connectivity index (χ0) is 14.0. The monoisotopic (exact) mass is 279 g/mol. The maximum atomic E-state index is 5.82. The molecule has 2 heterocycles. The Morgan fingerprint density at radius 1 is 1.53 bits per heavy atom. The Balaban J connectivity index is 2.25. The Kier molecular flexibility index (Phi) is 4.37. The fraction of sp³-hybridized carbons (Fsp3) is 0.571. The van der Waals surface area contributed by atoms with Crippen LogP contribution in [0, 0.1) is 13.8 Å². The summed E-state index contributed by atoms with van der Waals surface area (Å²) >= 11 is 5.14. The summed E-state index contributed by atoms with van der Waals surface area (Å²) in [5, 5.41) is 3.48. The standard InChI is InChI=1S/C14H21N3OS/c1-8-6-9(2)16-14(12(8)13(15)19)17-11-4-5-18-10(3)7-11/h6,10-11H,4-5,7H2,1-3H3,(H2,15,19)(H,16,17). The van der Waals surface area contributed by atoms with E-state index < -0.39 is 0 Å². The molecule has 1 aromatic heterocycles. The fourth-order valence-electron chi connectivity index (χ4n) is 2.57. The van der Waals surface area contributed by atoms with Crippen LogP contribution in [0.3, 0.4) is 0 Å². The van der Waals surface area contributed by atoms with Gasteiger partial charge in [0.2, 0.25) is 0 Å². The fourth-order valence-corrected chi connectivity index (χ4v) is 2.83. The van der Waals surface area contributed by atoms with Crippen LogP contribution in [0.5, 0.6) is 0 Å². The summed E-state index contributed by atoms with van der Waals surface area (Å²) in [7, 11) is 0. The van der Waals surface area contributed by atoms with Crippen LogP contribution in [0.4, 0.5) is 5.82 Å². The first-order valence-electron chi connectivity index (χ1n) is 6.63. The minimum Gasteiger partial charge on any atom is -0.389 e. The van der Waals surface area contributed by atoms with Crippen molar-refractivity contribution in [2.24, 2.45) is 5.73 Å². The van der Waals surface area contributed by atoms with Crippen molar-refractivity contribution in [1.29, 1.82) is 0 Å². The lowest BCUT2D eigenvalue weighted by molar-refractivity contribution is 0.0232. The van der Waals surface area contributed by atoms with Crippen molar-refractivity contribution in [2.45, 2.75) is 45.8 Å². The molecule has 2 unspecified atom stereocenters. The van der Waals surface area contributed by atoms with Gasteiger partial charge in [0.05, 0.1) is 11.7 Å². The number of hydrogen-bond donors (Lipinski definition) is 2. The number of rotatable bonds is 3. The lowest BCUT2D eigenvalue weighted by Crippen LogP contribution is -2.33. The summed E-state index contributed by atoms with van der Waals surface area (Å²) in [6.45, 7) is 6.87. The number of pyridine rings is 1. The van der Waals surface area contributed by atoms with E-state index in [-0.39, 0.29) is 6.10 Å². The summed E-state index contributed by atoms with van der Waals surface area (Å²) in [5.74, 6) is 0.809. The molecule has 19 heavy (non-hydrogen) atoms. The highest BCUT2D eigenvalue weighted by Crippen LogP contribution is 2.23. The maximum Gasteiger partial charge on any atom is 0.136 e. The van der Waals surface area contributed by atoms with Crippen LogP contribution in [0.1, 0.15) is 36.6 Å². The van der Waals surface area contributed by atoms with Gasteiger partial charge in [-0.25, -0.2) is 4.98 Å². The summed E-state index contributed by atoms with van der Waals surface area (Å²) in [6, 6.07) is 2.37. The van der Waals surface area contributed by atoms with Gasteiger partial charge < -0.3 is 15.8 Å². The molecule has 3 N–H and O–H groups in total. The van der Waals surface area contributed by atoms with Crippen molar-refractivity contribution >= 4 is 23.0 Å². The molecule has 1 aromatic rings.